The second-order valence-electron chi connectivity index (χ2n) is 6.69. The molecule has 1 heterocycles. The quantitative estimate of drug-likeness (QED) is 0.637. The summed E-state index contributed by atoms with van der Waals surface area (Å²) in [5, 5.41) is 0.337. The fourth-order valence-electron chi connectivity index (χ4n) is 3.16. The highest BCUT2D eigenvalue weighted by Crippen LogP contribution is 2.34. The van der Waals surface area contributed by atoms with Crippen LogP contribution >= 0.6 is 23.2 Å². The molecule has 3 rings (SSSR count). The van der Waals surface area contributed by atoms with Gasteiger partial charge in [0.25, 0.3) is 5.91 Å². The lowest BCUT2D eigenvalue weighted by atomic mass is 10.1. The third-order valence-corrected chi connectivity index (χ3v) is 7.27. The highest BCUT2D eigenvalue weighted by molar-refractivity contribution is 7.89. The Morgan fingerprint density at radius 3 is 1.97 bits per heavy atom. The van der Waals surface area contributed by atoms with Gasteiger partial charge in [0.1, 0.15) is 0 Å². The van der Waals surface area contributed by atoms with Gasteiger partial charge in [-0.2, -0.15) is 17.5 Å². The number of benzene rings is 2. The molecule has 0 aromatic heterocycles. The molecule has 168 valence electrons. The fourth-order valence-corrected chi connectivity index (χ4v) is 5.22. The van der Waals surface area contributed by atoms with E-state index in [-0.39, 0.29) is 58.3 Å². The maximum atomic E-state index is 12.8. The summed E-state index contributed by atoms with van der Waals surface area (Å²) in [6, 6.07) is 6.14. The lowest BCUT2D eigenvalue weighted by Crippen LogP contribution is -2.50. The summed E-state index contributed by atoms with van der Waals surface area (Å²) in [6.07, 6.45) is -4.55. The van der Waals surface area contributed by atoms with E-state index < -0.39 is 21.8 Å². The van der Waals surface area contributed by atoms with Crippen molar-refractivity contribution in [3.05, 3.63) is 57.6 Å². The molecule has 0 bridgehead atoms. The predicted molar refractivity (Wildman–Crippen MR) is 109 cm³/mol. The fraction of sp³-hybridized carbons (Fsp3) is 0.316. The van der Waals surface area contributed by atoms with Crippen LogP contribution in [0.5, 0.6) is 5.75 Å². The van der Waals surface area contributed by atoms with Crippen LogP contribution < -0.4 is 4.74 Å². The number of hydrogen-bond acceptors (Lipinski definition) is 4. The molecule has 12 heteroatoms. The molecular formula is C19H17Cl2F3N2O4S. The third-order valence-electron chi connectivity index (χ3n) is 4.79. The predicted octanol–water partition coefficient (Wildman–Crippen LogP) is 4.17. The van der Waals surface area contributed by atoms with E-state index in [1.165, 1.54) is 24.1 Å². The van der Waals surface area contributed by atoms with Gasteiger partial charge in [-0.05, 0) is 36.4 Å². The molecule has 0 atom stereocenters. The molecule has 2 aromatic rings. The number of sulfonamides is 1. The SMILES string of the molecule is COc1c(Cl)cc(C(=O)N2CCN(S(=O)(=O)c3ccc(C(F)(F)F)cc3)CC2)cc1Cl. The first-order chi connectivity index (χ1) is 14.4. The van der Waals surface area contributed by atoms with Crippen LogP contribution in [0.15, 0.2) is 41.3 Å². The van der Waals surface area contributed by atoms with E-state index in [1.807, 2.05) is 0 Å². The Bertz CT molecular complexity index is 1060. The number of piperazine rings is 1. The van der Waals surface area contributed by atoms with Gasteiger partial charge in [0.05, 0.1) is 27.6 Å². The molecule has 31 heavy (non-hydrogen) atoms. The van der Waals surface area contributed by atoms with Gasteiger partial charge in [-0.3, -0.25) is 4.79 Å². The lowest BCUT2D eigenvalue weighted by Gasteiger charge is -2.34. The van der Waals surface area contributed by atoms with Crippen molar-refractivity contribution >= 4 is 39.1 Å². The highest BCUT2D eigenvalue weighted by atomic mass is 35.5. The molecule has 1 fully saturated rings. The average molecular weight is 497 g/mol. The average Bonchev–Trinajstić information content (AvgIpc) is 2.72. The Balaban J connectivity index is 1.71. The Morgan fingerprint density at radius 1 is 1.00 bits per heavy atom. The van der Waals surface area contributed by atoms with E-state index in [9.17, 15) is 26.4 Å². The van der Waals surface area contributed by atoms with Crippen LogP contribution in [0.25, 0.3) is 0 Å². The van der Waals surface area contributed by atoms with E-state index >= 15 is 0 Å². The van der Waals surface area contributed by atoms with Crippen LogP contribution in [0, 0.1) is 0 Å². The summed E-state index contributed by atoms with van der Waals surface area (Å²) in [5.74, 6) is -0.134. The van der Waals surface area contributed by atoms with E-state index in [0.717, 1.165) is 28.6 Å². The van der Waals surface area contributed by atoms with Crippen LogP contribution in [0.4, 0.5) is 13.2 Å². The summed E-state index contributed by atoms with van der Waals surface area (Å²) >= 11 is 12.1. The van der Waals surface area contributed by atoms with Gasteiger partial charge < -0.3 is 9.64 Å². The summed E-state index contributed by atoms with van der Waals surface area (Å²) < 4.78 is 69.8. The first-order valence-corrected chi connectivity index (χ1v) is 11.1. The van der Waals surface area contributed by atoms with E-state index in [2.05, 4.69) is 0 Å². The summed E-state index contributed by atoms with van der Waals surface area (Å²) in [6.45, 7) is 0.180. The number of methoxy groups -OCH3 is 1. The zero-order valence-corrected chi connectivity index (χ0v) is 18.4. The van der Waals surface area contributed by atoms with Gasteiger partial charge in [0.2, 0.25) is 10.0 Å². The maximum Gasteiger partial charge on any atom is 0.416 e. The van der Waals surface area contributed by atoms with E-state index in [4.69, 9.17) is 27.9 Å². The number of carbonyl (C=O) groups excluding carboxylic acids is 1. The Labute approximate surface area is 187 Å². The number of nitrogens with zero attached hydrogens (tertiary/aromatic N) is 2. The molecule has 1 amide bonds. The Morgan fingerprint density at radius 2 is 1.52 bits per heavy atom. The number of carbonyl (C=O) groups is 1. The second kappa shape index (κ2) is 8.85. The lowest BCUT2D eigenvalue weighted by molar-refractivity contribution is -0.137. The van der Waals surface area contributed by atoms with Crippen molar-refractivity contribution in [2.75, 3.05) is 33.3 Å². The van der Waals surface area contributed by atoms with Gasteiger partial charge in [-0.1, -0.05) is 23.2 Å². The van der Waals surface area contributed by atoms with Gasteiger partial charge in [0, 0.05) is 31.7 Å². The van der Waals surface area contributed by atoms with Crippen LogP contribution in [0.3, 0.4) is 0 Å². The molecule has 0 saturated carbocycles. The smallest absolute Gasteiger partial charge is 0.416 e. The number of alkyl halides is 3. The van der Waals surface area contributed by atoms with Crippen molar-refractivity contribution < 1.29 is 31.1 Å². The normalized spacial score (nSPS) is 15.7. The Kier molecular flexibility index (Phi) is 6.75. The molecule has 2 aromatic carbocycles. The zero-order valence-electron chi connectivity index (χ0n) is 16.1. The number of amides is 1. The second-order valence-corrected chi connectivity index (χ2v) is 9.44. The molecular weight excluding hydrogens is 480 g/mol. The van der Waals surface area contributed by atoms with Crippen molar-refractivity contribution in [2.45, 2.75) is 11.1 Å². The van der Waals surface area contributed by atoms with Crippen LogP contribution in [-0.2, 0) is 16.2 Å². The van der Waals surface area contributed by atoms with E-state index in [1.54, 1.807) is 0 Å². The molecule has 0 spiro atoms. The minimum atomic E-state index is -4.55. The van der Waals surface area contributed by atoms with Gasteiger partial charge in [-0.15, -0.1) is 0 Å². The van der Waals surface area contributed by atoms with Gasteiger partial charge in [0.15, 0.2) is 5.75 Å². The number of rotatable bonds is 4. The maximum absolute atomic E-state index is 12.8. The number of ether oxygens (including phenoxy) is 1. The summed E-state index contributed by atoms with van der Waals surface area (Å²) in [5.41, 5.74) is -0.700. The molecule has 6 nitrogen and oxygen atoms in total. The van der Waals surface area contributed by atoms with Crippen molar-refractivity contribution in [2.24, 2.45) is 0 Å². The molecule has 0 radical (unpaired) electrons. The minimum Gasteiger partial charge on any atom is -0.494 e. The van der Waals surface area contributed by atoms with Crippen molar-refractivity contribution in [1.82, 2.24) is 9.21 Å². The van der Waals surface area contributed by atoms with Gasteiger partial charge in [-0.25, -0.2) is 8.42 Å². The van der Waals surface area contributed by atoms with Crippen molar-refractivity contribution in [1.29, 1.82) is 0 Å². The Hall–Kier alpha value is -2.01. The number of halogens is 5. The molecule has 0 unspecified atom stereocenters. The molecule has 1 saturated heterocycles. The standard InChI is InChI=1S/C19H17Cl2F3N2O4S/c1-30-17-15(20)10-12(11-16(17)21)18(27)25-6-8-26(9-7-25)31(28,29)14-4-2-13(3-5-14)19(22,23)24/h2-5,10-11H,6-9H2,1H3. The van der Waals surface area contributed by atoms with Crippen LogP contribution in [-0.4, -0.2) is 56.8 Å². The van der Waals surface area contributed by atoms with Crippen LogP contribution in [0.1, 0.15) is 15.9 Å². The van der Waals surface area contributed by atoms with Crippen LogP contribution in [0.2, 0.25) is 10.0 Å². The molecule has 1 aliphatic heterocycles. The van der Waals surface area contributed by atoms with Gasteiger partial charge >= 0.3 is 6.18 Å². The minimum absolute atomic E-state index is 0.00723. The number of hydrogen-bond donors (Lipinski definition) is 0. The monoisotopic (exact) mass is 496 g/mol. The van der Waals surface area contributed by atoms with E-state index in [0.29, 0.717) is 0 Å². The van der Waals surface area contributed by atoms with Crippen molar-refractivity contribution in [3.63, 3.8) is 0 Å². The third kappa shape index (κ3) is 4.92. The first kappa shape index (κ1) is 23.6. The first-order valence-electron chi connectivity index (χ1n) is 8.95. The van der Waals surface area contributed by atoms with Crippen molar-refractivity contribution in [3.8, 4) is 5.75 Å². The summed E-state index contributed by atoms with van der Waals surface area (Å²) in [4.78, 5) is 14.0. The molecule has 0 aliphatic carbocycles. The topological polar surface area (TPSA) is 66.9 Å². The highest BCUT2D eigenvalue weighted by Gasteiger charge is 2.33. The largest absolute Gasteiger partial charge is 0.494 e. The zero-order chi connectivity index (χ0) is 23.0. The molecule has 0 N–H and O–H groups in total. The summed E-state index contributed by atoms with van der Waals surface area (Å²) in [7, 11) is -2.60. The molecule has 1 aliphatic rings.